The van der Waals surface area contributed by atoms with Crippen molar-refractivity contribution in [2.45, 2.75) is 70.2 Å². The van der Waals surface area contributed by atoms with Gasteiger partial charge in [0.05, 0.1) is 4.90 Å². The molecule has 0 aliphatic heterocycles. The Hall–Kier alpha value is -1.70. The van der Waals surface area contributed by atoms with Gasteiger partial charge in [0, 0.05) is 16.9 Å². The maximum Gasteiger partial charge on any atom is 0.303 e. The number of hydrogen-bond acceptors (Lipinski definition) is 3. The minimum atomic E-state index is -3.66. The molecule has 0 radical (unpaired) electrons. The van der Waals surface area contributed by atoms with Gasteiger partial charge in [0.15, 0.2) is 0 Å². The van der Waals surface area contributed by atoms with E-state index in [-0.39, 0.29) is 22.8 Å². The second-order valence-corrected chi connectivity index (χ2v) is 11.7. The summed E-state index contributed by atoms with van der Waals surface area (Å²) in [4.78, 5) is 10.9. The smallest absolute Gasteiger partial charge is 0.303 e. The van der Waals surface area contributed by atoms with Crippen LogP contribution < -0.4 is 4.72 Å². The molecule has 0 bridgehead atoms. The zero-order valence-electron chi connectivity index (χ0n) is 18.4. The molecule has 0 aliphatic rings. The molecule has 0 fully saturated rings. The van der Waals surface area contributed by atoms with Gasteiger partial charge in [0.2, 0.25) is 10.0 Å². The highest BCUT2D eigenvalue weighted by Gasteiger charge is 2.22. The molecule has 0 saturated carbocycles. The second-order valence-electron chi connectivity index (χ2n) is 9.07. The lowest BCUT2D eigenvalue weighted by atomic mass is 9.88. The minimum Gasteiger partial charge on any atom is -0.481 e. The third-order valence-electron chi connectivity index (χ3n) is 5.08. The first-order chi connectivity index (χ1) is 14.5. The van der Waals surface area contributed by atoms with Crippen LogP contribution in [-0.4, -0.2) is 19.5 Å². The highest BCUT2D eigenvalue weighted by molar-refractivity contribution is 9.10. The molecule has 1 unspecified atom stereocenters. The number of aryl methyl sites for hydroxylation is 1. The summed E-state index contributed by atoms with van der Waals surface area (Å²) in [5, 5.41) is 8.80. The Balaban J connectivity index is 2.17. The van der Waals surface area contributed by atoms with Gasteiger partial charge in [-0.25, -0.2) is 13.1 Å². The Bertz CT molecular complexity index is 949. The Morgan fingerprint density at radius 3 is 2.19 bits per heavy atom. The SMILES string of the molecule is CC(C)(C)CCCC(NS(=O)(=O)c1ccc(Br)cc1)c1ccc(CCCC(=O)O)cc1. The third kappa shape index (κ3) is 9.13. The van der Waals surface area contributed by atoms with E-state index in [4.69, 9.17) is 5.11 Å². The number of carbonyl (C=O) groups is 1. The first kappa shape index (κ1) is 25.6. The highest BCUT2D eigenvalue weighted by atomic mass is 79.9. The first-order valence-corrected chi connectivity index (χ1v) is 12.8. The number of sulfonamides is 1. The molecule has 2 aromatic rings. The molecule has 7 heteroatoms. The molecule has 170 valence electrons. The minimum absolute atomic E-state index is 0.143. The fourth-order valence-electron chi connectivity index (χ4n) is 3.36. The normalized spacial score (nSPS) is 13.2. The Labute approximate surface area is 194 Å². The largest absolute Gasteiger partial charge is 0.481 e. The van der Waals surface area contributed by atoms with Crippen molar-refractivity contribution >= 4 is 31.9 Å². The molecule has 1 atom stereocenters. The van der Waals surface area contributed by atoms with Gasteiger partial charge < -0.3 is 5.11 Å². The van der Waals surface area contributed by atoms with Gasteiger partial charge in [0.25, 0.3) is 0 Å². The van der Waals surface area contributed by atoms with Crippen LogP contribution in [0.15, 0.2) is 57.9 Å². The lowest BCUT2D eigenvalue weighted by Crippen LogP contribution is -2.29. The number of halogens is 1. The van der Waals surface area contributed by atoms with Crippen LogP contribution in [0.3, 0.4) is 0 Å². The number of carboxylic acids is 1. The molecule has 0 saturated heterocycles. The molecular weight excluding hydrogens is 478 g/mol. The molecule has 2 aromatic carbocycles. The molecule has 0 aliphatic carbocycles. The molecule has 31 heavy (non-hydrogen) atoms. The number of hydrogen-bond donors (Lipinski definition) is 2. The molecule has 0 heterocycles. The number of nitrogens with one attached hydrogen (secondary N) is 1. The van der Waals surface area contributed by atoms with Gasteiger partial charge in [-0.3, -0.25) is 4.79 Å². The van der Waals surface area contributed by atoms with Gasteiger partial charge in [-0.1, -0.05) is 67.4 Å². The monoisotopic (exact) mass is 509 g/mol. The Kier molecular flexibility index (Phi) is 9.28. The van der Waals surface area contributed by atoms with Crippen molar-refractivity contribution in [3.8, 4) is 0 Å². The van der Waals surface area contributed by atoms with Crippen molar-refractivity contribution < 1.29 is 18.3 Å². The summed E-state index contributed by atoms with van der Waals surface area (Å²) in [6.07, 6.45) is 4.01. The van der Waals surface area contributed by atoms with E-state index in [1.807, 2.05) is 24.3 Å². The van der Waals surface area contributed by atoms with Gasteiger partial charge in [-0.2, -0.15) is 0 Å². The summed E-state index contributed by atoms with van der Waals surface area (Å²) in [5.74, 6) is -0.794. The van der Waals surface area contributed by atoms with Crippen LogP contribution in [0.5, 0.6) is 0 Å². The molecule has 2 N–H and O–H groups in total. The summed E-state index contributed by atoms with van der Waals surface area (Å²) in [6, 6.07) is 14.1. The van der Waals surface area contributed by atoms with Crippen LogP contribution in [0.1, 0.15) is 70.0 Å². The quantitative estimate of drug-likeness (QED) is 0.383. The molecule has 0 amide bonds. The maximum atomic E-state index is 13.0. The van der Waals surface area contributed by atoms with E-state index in [1.165, 1.54) is 0 Å². The molecular formula is C24H32BrNO4S. The van der Waals surface area contributed by atoms with Crippen LogP contribution in [0, 0.1) is 5.41 Å². The van der Waals surface area contributed by atoms with E-state index < -0.39 is 16.0 Å². The topological polar surface area (TPSA) is 83.5 Å². The maximum absolute atomic E-state index is 13.0. The van der Waals surface area contributed by atoms with Crippen molar-refractivity contribution in [2.24, 2.45) is 5.41 Å². The average molecular weight is 510 g/mol. The van der Waals surface area contributed by atoms with E-state index in [2.05, 4.69) is 41.4 Å². The summed E-state index contributed by atoms with van der Waals surface area (Å²) in [5.41, 5.74) is 2.15. The zero-order chi connectivity index (χ0) is 23.1. The lowest BCUT2D eigenvalue weighted by Gasteiger charge is -2.23. The first-order valence-electron chi connectivity index (χ1n) is 10.5. The standard InChI is InChI=1S/C24H32BrNO4S/c1-24(2,3)17-5-7-22(26-31(29,30)21-15-13-20(25)14-16-21)19-11-9-18(10-12-19)6-4-8-23(27)28/h9-16,22,26H,4-8,17H2,1-3H3,(H,27,28). The summed E-state index contributed by atoms with van der Waals surface area (Å²) in [7, 11) is -3.66. The van der Waals surface area contributed by atoms with Crippen LogP contribution in [0.2, 0.25) is 0 Å². The molecule has 0 spiro atoms. The third-order valence-corrected chi connectivity index (χ3v) is 7.10. The molecule has 0 aromatic heterocycles. The number of carboxylic acid groups (broad SMARTS) is 1. The van der Waals surface area contributed by atoms with Crippen molar-refractivity contribution in [1.29, 1.82) is 0 Å². The summed E-state index contributed by atoms with van der Waals surface area (Å²) < 4.78 is 29.7. The summed E-state index contributed by atoms with van der Waals surface area (Å²) in [6.45, 7) is 6.54. The summed E-state index contributed by atoms with van der Waals surface area (Å²) >= 11 is 3.34. The van der Waals surface area contributed by atoms with E-state index in [0.717, 1.165) is 28.4 Å². The predicted octanol–water partition coefficient (Wildman–Crippen LogP) is 6.09. The van der Waals surface area contributed by atoms with Crippen LogP contribution >= 0.6 is 15.9 Å². The average Bonchev–Trinajstić information content (AvgIpc) is 2.67. The Morgan fingerprint density at radius 1 is 1.03 bits per heavy atom. The van der Waals surface area contributed by atoms with E-state index in [1.54, 1.807) is 24.3 Å². The van der Waals surface area contributed by atoms with Gasteiger partial charge in [-0.15, -0.1) is 0 Å². The van der Waals surface area contributed by atoms with Gasteiger partial charge >= 0.3 is 5.97 Å². The van der Waals surface area contributed by atoms with E-state index >= 15 is 0 Å². The fourth-order valence-corrected chi connectivity index (χ4v) is 4.88. The van der Waals surface area contributed by atoms with Crippen LogP contribution in [0.4, 0.5) is 0 Å². The lowest BCUT2D eigenvalue weighted by molar-refractivity contribution is -0.137. The van der Waals surface area contributed by atoms with Gasteiger partial charge in [0.1, 0.15) is 0 Å². The van der Waals surface area contributed by atoms with E-state index in [0.29, 0.717) is 19.3 Å². The van der Waals surface area contributed by atoms with Crippen LogP contribution in [0.25, 0.3) is 0 Å². The van der Waals surface area contributed by atoms with Crippen LogP contribution in [-0.2, 0) is 21.2 Å². The Morgan fingerprint density at radius 2 is 1.65 bits per heavy atom. The van der Waals surface area contributed by atoms with Crippen molar-refractivity contribution in [3.63, 3.8) is 0 Å². The number of rotatable bonds is 11. The number of benzene rings is 2. The van der Waals surface area contributed by atoms with Crippen molar-refractivity contribution in [3.05, 3.63) is 64.1 Å². The number of aliphatic carboxylic acids is 1. The fraction of sp³-hybridized carbons (Fsp3) is 0.458. The van der Waals surface area contributed by atoms with Crippen molar-refractivity contribution in [2.75, 3.05) is 0 Å². The predicted molar refractivity (Wildman–Crippen MR) is 128 cm³/mol. The molecule has 2 rings (SSSR count). The van der Waals surface area contributed by atoms with Gasteiger partial charge in [-0.05, 0) is 66.5 Å². The second kappa shape index (κ2) is 11.2. The van der Waals surface area contributed by atoms with E-state index in [9.17, 15) is 13.2 Å². The van der Waals surface area contributed by atoms with Crippen molar-refractivity contribution in [1.82, 2.24) is 4.72 Å². The highest BCUT2D eigenvalue weighted by Crippen LogP contribution is 2.28. The molecule has 5 nitrogen and oxygen atoms in total. The zero-order valence-corrected chi connectivity index (χ0v) is 20.8.